The molecule has 0 aliphatic rings. The predicted molar refractivity (Wildman–Crippen MR) is 344 cm³/mol. The van der Waals surface area contributed by atoms with Crippen LogP contribution >= 0.6 is 0 Å². The van der Waals surface area contributed by atoms with Crippen molar-refractivity contribution in [1.82, 2.24) is 0 Å². The molecule has 0 saturated carbocycles. The summed E-state index contributed by atoms with van der Waals surface area (Å²) in [6.07, 6.45) is 85.8. The van der Waals surface area contributed by atoms with Crippen LogP contribution in [-0.2, 0) is 28.6 Å². The van der Waals surface area contributed by atoms with Gasteiger partial charge in [-0.05, 0) is 77.0 Å². The van der Waals surface area contributed by atoms with Crippen LogP contribution in [0.5, 0.6) is 0 Å². The molecule has 1 atom stereocenters. The normalized spacial score (nSPS) is 12.3. The summed E-state index contributed by atoms with van der Waals surface area (Å²) >= 11 is 0. The first-order chi connectivity index (χ1) is 39.0. The Labute approximate surface area is 492 Å². The van der Waals surface area contributed by atoms with Crippen LogP contribution in [0.3, 0.4) is 0 Å². The maximum Gasteiger partial charge on any atom is 0.306 e. The summed E-state index contributed by atoms with van der Waals surface area (Å²) in [6.45, 7) is 6.57. The molecule has 0 fully saturated rings. The van der Waals surface area contributed by atoms with E-state index in [-0.39, 0.29) is 31.1 Å². The SMILES string of the molecule is CC/C=C\C/C=C\C/C=C\CCCCCCCCCC(=O)OC(COC(=O)CCCCCCC/C=C\CCCCCCCC)COC(=O)CCCCCCCCCCCCCCCCCCCCCCCCCCCCCCC. The van der Waals surface area contributed by atoms with E-state index in [1.54, 1.807) is 0 Å². The Bertz CT molecular complexity index is 1360. The van der Waals surface area contributed by atoms with Crippen molar-refractivity contribution in [2.75, 3.05) is 13.2 Å². The fraction of sp³-hybridized carbons (Fsp3) is 0.849. The summed E-state index contributed by atoms with van der Waals surface area (Å²) in [5.74, 6) is -0.871. The zero-order valence-corrected chi connectivity index (χ0v) is 53.2. The van der Waals surface area contributed by atoms with Crippen molar-refractivity contribution in [3.8, 4) is 0 Å². The van der Waals surface area contributed by atoms with Crippen molar-refractivity contribution in [3.05, 3.63) is 48.6 Å². The number of hydrogen-bond donors (Lipinski definition) is 0. The van der Waals surface area contributed by atoms with Crippen molar-refractivity contribution in [2.24, 2.45) is 0 Å². The second kappa shape index (κ2) is 67.9. The molecule has 0 radical (unpaired) electrons. The Morgan fingerprint density at radius 1 is 0.266 bits per heavy atom. The Hall–Kier alpha value is -2.63. The van der Waals surface area contributed by atoms with E-state index in [1.165, 1.54) is 250 Å². The molecule has 462 valence electrons. The highest BCUT2D eigenvalue weighted by Crippen LogP contribution is 2.18. The van der Waals surface area contributed by atoms with Crippen molar-refractivity contribution >= 4 is 17.9 Å². The van der Waals surface area contributed by atoms with Gasteiger partial charge in [0, 0.05) is 19.3 Å². The molecule has 0 N–H and O–H groups in total. The number of carbonyl (C=O) groups is 3. The smallest absolute Gasteiger partial charge is 0.306 e. The molecule has 0 aromatic carbocycles. The Balaban J connectivity index is 4.20. The monoisotopic (exact) mass is 1110 g/mol. The molecule has 0 aromatic rings. The van der Waals surface area contributed by atoms with Gasteiger partial charge in [0.25, 0.3) is 0 Å². The van der Waals surface area contributed by atoms with Gasteiger partial charge in [-0.25, -0.2) is 0 Å². The predicted octanol–water partition coefficient (Wildman–Crippen LogP) is 24.1. The number of ether oxygens (including phenoxy) is 3. The summed E-state index contributed by atoms with van der Waals surface area (Å²) in [6, 6.07) is 0. The second-order valence-corrected chi connectivity index (χ2v) is 23.8. The van der Waals surface area contributed by atoms with E-state index in [4.69, 9.17) is 14.2 Å². The highest BCUT2D eigenvalue weighted by atomic mass is 16.6. The van der Waals surface area contributed by atoms with E-state index in [1.807, 2.05) is 0 Å². The van der Waals surface area contributed by atoms with Crippen molar-refractivity contribution in [1.29, 1.82) is 0 Å². The first-order valence-corrected chi connectivity index (χ1v) is 35.1. The molecule has 0 bridgehead atoms. The molecule has 6 nitrogen and oxygen atoms in total. The van der Waals surface area contributed by atoms with E-state index in [9.17, 15) is 14.4 Å². The standard InChI is InChI=1S/C73H134O6/c1-4-7-10-13-16-19-22-25-28-30-31-32-33-34-35-36-37-38-39-40-41-43-45-48-51-54-57-60-63-66-72(75)78-69-70(68-77-71(74)65-62-59-56-53-50-47-44-27-24-21-18-15-12-9-6-3)79-73(76)67-64-61-58-55-52-49-46-42-29-26-23-20-17-14-11-8-5-2/h8,11,17,20,26-27,29,44,70H,4-7,9-10,12-16,18-19,21-25,28,30-43,45-69H2,1-3H3/b11-8-,20-17-,29-26-,44-27-. The Morgan fingerprint density at radius 2 is 0.494 bits per heavy atom. The molecule has 0 heterocycles. The molecule has 6 heteroatoms. The van der Waals surface area contributed by atoms with E-state index < -0.39 is 6.10 Å². The highest BCUT2D eigenvalue weighted by molar-refractivity contribution is 5.71. The fourth-order valence-corrected chi connectivity index (χ4v) is 10.6. The maximum absolute atomic E-state index is 12.9. The van der Waals surface area contributed by atoms with E-state index in [2.05, 4.69) is 69.4 Å². The number of unbranched alkanes of at least 4 members (excludes halogenated alkanes) is 46. The minimum absolute atomic E-state index is 0.0760. The highest BCUT2D eigenvalue weighted by Gasteiger charge is 2.19. The largest absolute Gasteiger partial charge is 0.462 e. The molecular weight excluding hydrogens is 973 g/mol. The number of hydrogen-bond acceptors (Lipinski definition) is 6. The van der Waals surface area contributed by atoms with Gasteiger partial charge in [-0.15, -0.1) is 0 Å². The third-order valence-electron chi connectivity index (χ3n) is 15.8. The van der Waals surface area contributed by atoms with Crippen LogP contribution in [0.2, 0.25) is 0 Å². The van der Waals surface area contributed by atoms with E-state index in [0.717, 1.165) is 89.9 Å². The Kier molecular flexibility index (Phi) is 65.6. The summed E-state index contributed by atoms with van der Waals surface area (Å²) in [4.78, 5) is 38.4. The van der Waals surface area contributed by atoms with Crippen LogP contribution in [-0.4, -0.2) is 37.2 Å². The number of allylic oxidation sites excluding steroid dienone is 8. The minimum Gasteiger partial charge on any atom is -0.462 e. The van der Waals surface area contributed by atoms with Gasteiger partial charge in [0.15, 0.2) is 6.10 Å². The summed E-state index contributed by atoms with van der Waals surface area (Å²) in [7, 11) is 0. The zero-order chi connectivity index (χ0) is 57.1. The molecule has 0 saturated heterocycles. The van der Waals surface area contributed by atoms with Gasteiger partial charge in [0.2, 0.25) is 0 Å². The molecule has 0 aliphatic heterocycles. The molecule has 79 heavy (non-hydrogen) atoms. The lowest BCUT2D eigenvalue weighted by Crippen LogP contribution is -2.30. The van der Waals surface area contributed by atoms with Gasteiger partial charge in [-0.3, -0.25) is 14.4 Å². The summed E-state index contributed by atoms with van der Waals surface area (Å²) < 4.78 is 17.0. The van der Waals surface area contributed by atoms with Gasteiger partial charge < -0.3 is 14.2 Å². The van der Waals surface area contributed by atoms with Crippen molar-refractivity contribution in [2.45, 2.75) is 386 Å². The third kappa shape index (κ3) is 66.1. The molecule has 0 amide bonds. The van der Waals surface area contributed by atoms with Gasteiger partial charge in [0.05, 0.1) is 0 Å². The number of carbonyl (C=O) groups excluding carboxylic acids is 3. The average Bonchev–Trinajstić information content (AvgIpc) is 3.45. The fourth-order valence-electron chi connectivity index (χ4n) is 10.6. The second-order valence-electron chi connectivity index (χ2n) is 23.8. The lowest BCUT2D eigenvalue weighted by molar-refractivity contribution is -0.167. The third-order valence-corrected chi connectivity index (χ3v) is 15.8. The first-order valence-electron chi connectivity index (χ1n) is 35.1. The minimum atomic E-state index is -0.781. The van der Waals surface area contributed by atoms with E-state index >= 15 is 0 Å². The molecule has 0 aliphatic carbocycles. The van der Waals surface area contributed by atoms with Gasteiger partial charge in [0.1, 0.15) is 13.2 Å². The molecule has 1 unspecified atom stereocenters. The van der Waals surface area contributed by atoms with E-state index in [0.29, 0.717) is 19.3 Å². The van der Waals surface area contributed by atoms with Crippen LogP contribution in [0.4, 0.5) is 0 Å². The number of rotatable bonds is 65. The topological polar surface area (TPSA) is 78.9 Å². The van der Waals surface area contributed by atoms with Crippen LogP contribution in [0, 0.1) is 0 Å². The molecule has 0 aromatic heterocycles. The van der Waals surface area contributed by atoms with Crippen LogP contribution in [0.1, 0.15) is 380 Å². The van der Waals surface area contributed by atoms with Crippen molar-refractivity contribution in [3.63, 3.8) is 0 Å². The lowest BCUT2D eigenvalue weighted by Gasteiger charge is -2.18. The molecule has 0 spiro atoms. The lowest BCUT2D eigenvalue weighted by atomic mass is 10.0. The summed E-state index contributed by atoms with van der Waals surface area (Å²) in [5.41, 5.74) is 0. The van der Waals surface area contributed by atoms with Crippen LogP contribution < -0.4 is 0 Å². The van der Waals surface area contributed by atoms with Crippen molar-refractivity contribution < 1.29 is 28.6 Å². The van der Waals surface area contributed by atoms with Gasteiger partial charge in [-0.2, -0.15) is 0 Å². The summed E-state index contributed by atoms with van der Waals surface area (Å²) in [5, 5.41) is 0. The van der Waals surface area contributed by atoms with Crippen LogP contribution in [0.15, 0.2) is 48.6 Å². The molecule has 0 rings (SSSR count). The number of esters is 3. The van der Waals surface area contributed by atoms with Crippen LogP contribution in [0.25, 0.3) is 0 Å². The Morgan fingerprint density at radius 3 is 0.785 bits per heavy atom. The molecular formula is C73H134O6. The van der Waals surface area contributed by atoms with Gasteiger partial charge >= 0.3 is 17.9 Å². The average molecular weight is 1110 g/mol. The maximum atomic E-state index is 12.9. The quantitative estimate of drug-likeness (QED) is 0.0261. The van der Waals surface area contributed by atoms with Gasteiger partial charge in [-0.1, -0.05) is 333 Å². The zero-order valence-electron chi connectivity index (χ0n) is 53.2. The first kappa shape index (κ1) is 76.4.